The second kappa shape index (κ2) is 5.56. The summed E-state index contributed by atoms with van der Waals surface area (Å²) in [6.45, 7) is 2.09. The molecule has 4 nitrogen and oxygen atoms in total. The zero-order valence-electron chi connectivity index (χ0n) is 12.3. The van der Waals surface area contributed by atoms with Crippen molar-refractivity contribution in [1.29, 1.82) is 0 Å². The van der Waals surface area contributed by atoms with Gasteiger partial charge in [0.25, 0.3) is 0 Å². The Bertz CT molecular complexity index is 654. The average molecular weight is 281 g/mol. The number of amides is 1. The number of benzene rings is 1. The Balaban J connectivity index is 1.80. The maximum absolute atomic E-state index is 11.7. The molecule has 0 aliphatic carbocycles. The number of carbonyl (C=O) groups excluding carboxylic acids is 1. The Kier molecular flexibility index (Phi) is 3.60. The Morgan fingerprint density at radius 2 is 2.10 bits per heavy atom. The first-order valence-electron chi connectivity index (χ1n) is 7.22. The zero-order valence-corrected chi connectivity index (χ0v) is 12.3. The van der Waals surface area contributed by atoms with E-state index in [2.05, 4.69) is 23.3 Å². The molecule has 1 aliphatic heterocycles. The molecule has 0 bridgehead atoms. The third-order valence-corrected chi connectivity index (χ3v) is 3.94. The van der Waals surface area contributed by atoms with Crippen LogP contribution in [0.4, 0.5) is 11.4 Å². The third-order valence-electron chi connectivity index (χ3n) is 3.94. The lowest BCUT2D eigenvalue weighted by Crippen LogP contribution is -2.31. The van der Waals surface area contributed by atoms with Gasteiger partial charge < -0.3 is 10.2 Å². The van der Waals surface area contributed by atoms with Crippen LogP contribution in [-0.4, -0.2) is 17.9 Å². The van der Waals surface area contributed by atoms with Gasteiger partial charge in [0, 0.05) is 31.0 Å². The second-order valence-corrected chi connectivity index (χ2v) is 5.42. The number of hydrogen-bond donors (Lipinski definition) is 1. The van der Waals surface area contributed by atoms with Crippen molar-refractivity contribution in [2.75, 3.05) is 17.3 Å². The van der Waals surface area contributed by atoms with Gasteiger partial charge in [0.15, 0.2) is 0 Å². The largest absolute Gasteiger partial charge is 0.377 e. The lowest BCUT2D eigenvalue weighted by atomic mass is 10.0. The van der Waals surface area contributed by atoms with E-state index in [1.807, 2.05) is 37.4 Å². The summed E-state index contributed by atoms with van der Waals surface area (Å²) < 4.78 is 0. The van der Waals surface area contributed by atoms with Crippen LogP contribution in [0.1, 0.15) is 30.6 Å². The summed E-state index contributed by atoms with van der Waals surface area (Å²) in [7, 11) is 1.84. The number of nitrogens with zero attached hydrogens (tertiary/aromatic N) is 2. The second-order valence-electron chi connectivity index (χ2n) is 5.42. The highest BCUT2D eigenvalue weighted by atomic mass is 16.2. The van der Waals surface area contributed by atoms with Crippen molar-refractivity contribution in [1.82, 2.24) is 4.98 Å². The van der Waals surface area contributed by atoms with E-state index >= 15 is 0 Å². The smallest absolute Gasteiger partial charge is 0.227 e. The summed E-state index contributed by atoms with van der Waals surface area (Å²) in [5.74, 6) is 0.185. The zero-order chi connectivity index (χ0) is 14.8. The standard InChI is InChI=1S/C17H19N3O/c1-12(15-5-3-4-10-18-15)19-14-7-8-16-13(11-14)6-9-17(21)20(16)2/h3-5,7-8,10-12,19H,6,9H2,1-2H3/t12-/m0/s1. The van der Waals surface area contributed by atoms with Gasteiger partial charge in [0.2, 0.25) is 5.91 Å². The first kappa shape index (κ1) is 13.6. The number of aryl methyl sites for hydroxylation is 1. The fourth-order valence-corrected chi connectivity index (χ4v) is 2.70. The minimum Gasteiger partial charge on any atom is -0.377 e. The van der Waals surface area contributed by atoms with Gasteiger partial charge in [-0.2, -0.15) is 0 Å². The van der Waals surface area contributed by atoms with E-state index in [4.69, 9.17) is 0 Å². The van der Waals surface area contributed by atoms with Crippen LogP contribution in [0, 0.1) is 0 Å². The highest BCUT2D eigenvalue weighted by molar-refractivity contribution is 5.96. The van der Waals surface area contributed by atoms with E-state index in [-0.39, 0.29) is 11.9 Å². The normalized spacial score (nSPS) is 15.5. The average Bonchev–Trinajstić information content (AvgIpc) is 2.52. The predicted octanol–water partition coefficient (Wildman–Crippen LogP) is 3.16. The van der Waals surface area contributed by atoms with E-state index < -0.39 is 0 Å². The lowest BCUT2D eigenvalue weighted by molar-refractivity contribution is -0.118. The number of anilines is 2. The minimum absolute atomic E-state index is 0.146. The fraction of sp³-hybridized carbons (Fsp3) is 0.294. The molecule has 108 valence electrons. The quantitative estimate of drug-likeness (QED) is 0.940. The summed E-state index contributed by atoms with van der Waals surface area (Å²) >= 11 is 0. The van der Waals surface area contributed by atoms with Gasteiger partial charge in [0.05, 0.1) is 11.7 Å². The van der Waals surface area contributed by atoms with Gasteiger partial charge in [-0.15, -0.1) is 0 Å². The van der Waals surface area contributed by atoms with Gasteiger partial charge in [-0.25, -0.2) is 0 Å². The van der Waals surface area contributed by atoms with Gasteiger partial charge in [-0.3, -0.25) is 9.78 Å². The molecule has 1 N–H and O–H groups in total. The van der Waals surface area contributed by atoms with Crippen molar-refractivity contribution in [3.05, 3.63) is 53.9 Å². The SMILES string of the molecule is C[C@H](Nc1ccc2c(c1)CCC(=O)N2C)c1ccccn1. The molecule has 2 heterocycles. The molecule has 1 aliphatic rings. The highest BCUT2D eigenvalue weighted by Crippen LogP contribution is 2.30. The van der Waals surface area contributed by atoms with E-state index in [1.165, 1.54) is 5.56 Å². The Morgan fingerprint density at radius 1 is 1.24 bits per heavy atom. The molecule has 1 amide bonds. The molecule has 0 fully saturated rings. The van der Waals surface area contributed by atoms with Crippen LogP contribution in [0.3, 0.4) is 0 Å². The van der Waals surface area contributed by atoms with Gasteiger partial charge in [-0.05, 0) is 49.2 Å². The van der Waals surface area contributed by atoms with Crippen LogP contribution in [0.25, 0.3) is 0 Å². The molecule has 0 saturated heterocycles. The first-order chi connectivity index (χ1) is 10.1. The van der Waals surface area contributed by atoms with Crippen molar-refractivity contribution in [2.45, 2.75) is 25.8 Å². The molecule has 3 rings (SSSR count). The van der Waals surface area contributed by atoms with Gasteiger partial charge in [0.1, 0.15) is 0 Å². The van der Waals surface area contributed by atoms with Crippen molar-refractivity contribution < 1.29 is 4.79 Å². The molecule has 1 atom stereocenters. The summed E-state index contributed by atoms with van der Waals surface area (Å²) in [6.07, 6.45) is 3.20. The molecule has 0 spiro atoms. The predicted molar refractivity (Wildman–Crippen MR) is 84.4 cm³/mol. The number of hydrogen-bond acceptors (Lipinski definition) is 3. The molecule has 2 aromatic rings. The molecule has 0 radical (unpaired) electrons. The molecular weight excluding hydrogens is 262 g/mol. The molecule has 0 unspecified atom stereocenters. The van der Waals surface area contributed by atoms with Crippen molar-refractivity contribution in [2.24, 2.45) is 0 Å². The number of aromatic nitrogens is 1. The summed E-state index contributed by atoms with van der Waals surface area (Å²) in [5, 5.41) is 3.47. The molecule has 1 aromatic carbocycles. The van der Waals surface area contributed by atoms with Crippen molar-refractivity contribution in [3.63, 3.8) is 0 Å². The van der Waals surface area contributed by atoms with Crippen LogP contribution in [0.2, 0.25) is 0 Å². The summed E-state index contributed by atoms with van der Waals surface area (Å²) in [6, 6.07) is 12.2. The Morgan fingerprint density at radius 3 is 2.86 bits per heavy atom. The van der Waals surface area contributed by atoms with Crippen LogP contribution in [0.5, 0.6) is 0 Å². The summed E-state index contributed by atoms with van der Waals surface area (Å²) in [5.41, 5.74) is 4.31. The topological polar surface area (TPSA) is 45.2 Å². The molecule has 21 heavy (non-hydrogen) atoms. The lowest BCUT2D eigenvalue weighted by Gasteiger charge is -2.26. The molecule has 0 saturated carbocycles. The van der Waals surface area contributed by atoms with Gasteiger partial charge >= 0.3 is 0 Å². The minimum atomic E-state index is 0.146. The van der Waals surface area contributed by atoms with Crippen molar-refractivity contribution >= 4 is 17.3 Å². The third kappa shape index (κ3) is 2.75. The van der Waals surface area contributed by atoms with E-state index in [0.29, 0.717) is 6.42 Å². The van der Waals surface area contributed by atoms with Crippen LogP contribution >= 0.6 is 0 Å². The number of nitrogens with one attached hydrogen (secondary N) is 1. The fourth-order valence-electron chi connectivity index (χ4n) is 2.70. The number of carbonyl (C=O) groups is 1. The Hall–Kier alpha value is -2.36. The number of fused-ring (bicyclic) bond motifs is 1. The molecule has 1 aromatic heterocycles. The van der Waals surface area contributed by atoms with Gasteiger partial charge in [-0.1, -0.05) is 6.07 Å². The number of rotatable bonds is 3. The van der Waals surface area contributed by atoms with Crippen molar-refractivity contribution in [3.8, 4) is 0 Å². The molecular formula is C17H19N3O. The molecule has 4 heteroatoms. The van der Waals surface area contributed by atoms with Crippen LogP contribution < -0.4 is 10.2 Å². The monoisotopic (exact) mass is 281 g/mol. The maximum atomic E-state index is 11.7. The number of pyridine rings is 1. The Labute approximate surface area is 124 Å². The van der Waals surface area contributed by atoms with Crippen LogP contribution in [-0.2, 0) is 11.2 Å². The summed E-state index contributed by atoms with van der Waals surface area (Å²) in [4.78, 5) is 17.8. The van der Waals surface area contributed by atoms with E-state index in [1.54, 1.807) is 11.1 Å². The van der Waals surface area contributed by atoms with E-state index in [0.717, 1.165) is 23.5 Å². The first-order valence-corrected chi connectivity index (χ1v) is 7.22. The van der Waals surface area contributed by atoms with Crippen LogP contribution in [0.15, 0.2) is 42.6 Å². The van der Waals surface area contributed by atoms with E-state index in [9.17, 15) is 4.79 Å². The maximum Gasteiger partial charge on any atom is 0.227 e. The highest BCUT2D eigenvalue weighted by Gasteiger charge is 2.21.